The van der Waals surface area contributed by atoms with Gasteiger partial charge in [-0.3, -0.25) is 0 Å². The van der Waals surface area contributed by atoms with Crippen LogP contribution >= 0.6 is 11.6 Å². The fraction of sp³-hybridized carbons (Fsp3) is 0.0909. The summed E-state index contributed by atoms with van der Waals surface area (Å²) in [6, 6.07) is 0. The number of rotatable bonds is 2. The van der Waals surface area contributed by atoms with E-state index in [1.165, 1.54) is 6.21 Å². The Kier molecular flexibility index (Phi) is 3.90. The van der Waals surface area contributed by atoms with Gasteiger partial charge in [-0.25, -0.2) is 0 Å². The minimum Gasteiger partial charge on any atom is -0.308 e. The molecule has 0 aromatic heterocycles. The van der Waals surface area contributed by atoms with Crippen LogP contribution in [0.15, 0.2) is 45.9 Å². The Balaban J connectivity index is 3.20. The zero-order valence-electron chi connectivity index (χ0n) is 7.47. The van der Waals surface area contributed by atoms with Crippen LogP contribution in [0.4, 0.5) is 0 Å². The molecule has 0 unspecified atom stereocenters. The highest BCUT2D eigenvalue weighted by atomic mass is 35.5. The molecule has 0 atom stereocenters. The van der Waals surface area contributed by atoms with Gasteiger partial charge in [0.2, 0.25) is 0 Å². The van der Waals surface area contributed by atoms with Gasteiger partial charge in [0.25, 0.3) is 0 Å². The molecule has 3 heteroatoms. The molecule has 2 nitrogen and oxygen atoms in total. The van der Waals surface area contributed by atoms with Crippen molar-refractivity contribution < 1.29 is 0 Å². The molecule has 1 aliphatic carbocycles. The molecule has 0 heterocycles. The van der Waals surface area contributed by atoms with Crippen LogP contribution in [0.5, 0.6) is 0 Å². The summed E-state index contributed by atoms with van der Waals surface area (Å²) in [6.07, 6.45) is 7.99. The van der Waals surface area contributed by atoms with Crippen molar-refractivity contribution in [3.05, 3.63) is 45.9 Å². The Labute approximate surface area is 87.6 Å². The predicted octanol–water partition coefficient (Wildman–Crippen LogP) is 2.97. The monoisotopic (exact) mass is 204 g/mol. The summed E-state index contributed by atoms with van der Waals surface area (Å²) >= 11 is 5.88. The first kappa shape index (κ1) is 10.5. The van der Waals surface area contributed by atoms with Crippen LogP contribution in [0.1, 0.15) is 6.42 Å². The lowest BCUT2D eigenvalue weighted by Crippen LogP contribution is -1.80. The second-order valence-corrected chi connectivity index (χ2v) is 3.01. The molecule has 0 saturated heterocycles. The summed E-state index contributed by atoms with van der Waals surface area (Å²) in [4.78, 5) is 0. The lowest BCUT2D eigenvalue weighted by Gasteiger charge is -1.91. The first-order valence-corrected chi connectivity index (χ1v) is 4.43. The van der Waals surface area contributed by atoms with E-state index in [1.54, 1.807) is 18.2 Å². The van der Waals surface area contributed by atoms with Gasteiger partial charge in [-0.15, -0.1) is 11.5 Å². The zero-order valence-corrected chi connectivity index (χ0v) is 8.23. The fourth-order valence-corrected chi connectivity index (χ4v) is 1.09. The highest BCUT2D eigenvalue weighted by Gasteiger charge is 1.96. The molecule has 0 spiro atoms. The van der Waals surface area contributed by atoms with Gasteiger partial charge in [-0.2, -0.15) is 0 Å². The third-order valence-corrected chi connectivity index (χ3v) is 1.98. The number of nitrogens with one attached hydrogen (secondary N) is 2. The van der Waals surface area contributed by atoms with Gasteiger partial charge in [-0.1, -0.05) is 11.6 Å². The number of hydrogen-bond acceptors (Lipinski definition) is 2. The van der Waals surface area contributed by atoms with Crippen molar-refractivity contribution in [1.29, 1.82) is 10.8 Å². The maximum atomic E-state index is 7.11. The van der Waals surface area contributed by atoms with E-state index < -0.39 is 0 Å². The smallest absolute Gasteiger partial charge is 0.0577 e. The molecule has 0 aliphatic heterocycles. The summed E-state index contributed by atoms with van der Waals surface area (Å²) in [5.41, 5.74) is 7.10. The number of hydrogen-bond donors (Lipinski definition) is 2. The van der Waals surface area contributed by atoms with Crippen LogP contribution in [0.25, 0.3) is 0 Å². The van der Waals surface area contributed by atoms with Crippen molar-refractivity contribution in [2.45, 2.75) is 6.42 Å². The van der Waals surface area contributed by atoms with Crippen molar-refractivity contribution in [3.63, 3.8) is 0 Å². The third-order valence-electron chi connectivity index (χ3n) is 1.65. The minimum atomic E-state index is 0.454. The van der Waals surface area contributed by atoms with Crippen LogP contribution < -0.4 is 0 Å². The first-order chi connectivity index (χ1) is 6.77. The van der Waals surface area contributed by atoms with Crippen LogP contribution in [0.2, 0.25) is 0 Å². The van der Waals surface area contributed by atoms with E-state index in [0.717, 1.165) is 11.8 Å². The van der Waals surface area contributed by atoms with Crippen molar-refractivity contribution in [3.8, 4) is 0 Å². The van der Waals surface area contributed by atoms with E-state index in [4.69, 9.17) is 22.4 Å². The second-order valence-electron chi connectivity index (χ2n) is 2.61. The van der Waals surface area contributed by atoms with E-state index >= 15 is 0 Å². The summed E-state index contributed by atoms with van der Waals surface area (Å²) in [5, 5.41) is 14.6. The molecular weight excluding hydrogens is 196 g/mol. The molecule has 0 amide bonds. The Bertz CT molecular complexity index is 415. The summed E-state index contributed by atoms with van der Waals surface area (Å²) in [7, 11) is 0. The second kappa shape index (κ2) is 5.21. The molecule has 0 bridgehead atoms. The van der Waals surface area contributed by atoms with Crippen molar-refractivity contribution in [2.24, 2.45) is 0 Å². The quantitative estimate of drug-likeness (QED) is 0.513. The maximum Gasteiger partial charge on any atom is 0.0577 e. The molecular formula is C11H9ClN2. The van der Waals surface area contributed by atoms with E-state index in [9.17, 15) is 0 Å². The van der Waals surface area contributed by atoms with Crippen LogP contribution in [-0.2, 0) is 0 Å². The normalized spacial score (nSPS) is 15.6. The summed E-state index contributed by atoms with van der Waals surface area (Å²) < 4.78 is 0. The highest BCUT2D eigenvalue weighted by molar-refractivity contribution is 6.34. The van der Waals surface area contributed by atoms with E-state index in [0.29, 0.717) is 17.0 Å². The van der Waals surface area contributed by atoms with E-state index in [2.05, 4.69) is 11.5 Å². The molecule has 0 aromatic carbocycles. The predicted molar refractivity (Wildman–Crippen MR) is 59.3 cm³/mol. The Morgan fingerprint density at radius 1 is 1.29 bits per heavy atom. The summed E-state index contributed by atoms with van der Waals surface area (Å²) in [6.45, 7) is 0. The van der Waals surface area contributed by atoms with Gasteiger partial charge >= 0.3 is 0 Å². The van der Waals surface area contributed by atoms with Gasteiger partial charge in [0, 0.05) is 24.4 Å². The van der Waals surface area contributed by atoms with E-state index in [-0.39, 0.29) is 0 Å². The molecule has 70 valence electrons. The molecule has 2 N–H and O–H groups in total. The molecule has 1 rings (SSSR count). The third kappa shape index (κ3) is 2.72. The van der Waals surface area contributed by atoms with Crippen LogP contribution in [0, 0.1) is 10.8 Å². The molecule has 0 aromatic rings. The SMILES string of the molecule is N=CC1=C=CC=C(Cl)C(C=N)=C=CC1. The Morgan fingerprint density at radius 2 is 2.07 bits per heavy atom. The lowest BCUT2D eigenvalue weighted by molar-refractivity contribution is 1.33. The average Bonchev–Trinajstić information content (AvgIpc) is 2.28. The molecule has 14 heavy (non-hydrogen) atoms. The van der Waals surface area contributed by atoms with Crippen molar-refractivity contribution >= 4 is 24.0 Å². The molecule has 0 fully saturated rings. The standard InChI is InChI=1S/C11H9ClN2/c12-11-6-2-4-9(7-13)3-1-5-10(11)8-14/h1-2,6-8,13-14H,3H2. The Hall–Kier alpha value is -1.59. The van der Waals surface area contributed by atoms with Crippen LogP contribution in [-0.4, -0.2) is 12.4 Å². The number of halogens is 1. The van der Waals surface area contributed by atoms with Gasteiger partial charge in [0.05, 0.1) is 10.6 Å². The zero-order chi connectivity index (χ0) is 10.4. The highest BCUT2D eigenvalue weighted by Crippen LogP contribution is 2.13. The van der Waals surface area contributed by atoms with Crippen molar-refractivity contribution in [2.75, 3.05) is 0 Å². The molecule has 0 radical (unpaired) electrons. The topological polar surface area (TPSA) is 47.7 Å². The average molecular weight is 205 g/mol. The molecule has 1 aliphatic rings. The van der Waals surface area contributed by atoms with Gasteiger partial charge in [0.15, 0.2) is 0 Å². The molecule has 0 saturated carbocycles. The number of allylic oxidation sites excluding steroid dienone is 4. The fourth-order valence-electron chi connectivity index (χ4n) is 0.922. The van der Waals surface area contributed by atoms with E-state index in [1.807, 2.05) is 0 Å². The first-order valence-electron chi connectivity index (χ1n) is 4.05. The largest absolute Gasteiger partial charge is 0.308 e. The van der Waals surface area contributed by atoms with Gasteiger partial charge in [0.1, 0.15) is 0 Å². The van der Waals surface area contributed by atoms with Gasteiger partial charge in [-0.05, 0) is 18.2 Å². The minimum absolute atomic E-state index is 0.454. The van der Waals surface area contributed by atoms with Crippen molar-refractivity contribution in [1.82, 2.24) is 0 Å². The van der Waals surface area contributed by atoms with Crippen LogP contribution in [0.3, 0.4) is 0 Å². The Morgan fingerprint density at radius 3 is 2.71 bits per heavy atom. The van der Waals surface area contributed by atoms with Gasteiger partial charge < -0.3 is 10.8 Å². The lowest BCUT2D eigenvalue weighted by atomic mass is 10.2. The maximum absolute atomic E-state index is 7.11. The summed E-state index contributed by atoms with van der Waals surface area (Å²) in [5.74, 6) is 0.